The smallest absolute Gasteiger partial charge is 0.119 e. The Hall–Kier alpha value is -1.48. The molecule has 1 aliphatic carbocycles. The summed E-state index contributed by atoms with van der Waals surface area (Å²) in [4.78, 5) is 0. The molecule has 2 rings (SSSR count). The summed E-state index contributed by atoms with van der Waals surface area (Å²) in [6.45, 7) is 0.126. The Kier molecular flexibility index (Phi) is 2.64. The van der Waals surface area contributed by atoms with Crippen LogP contribution in [0.1, 0.15) is 17.5 Å². The molecule has 80 valence electrons. The summed E-state index contributed by atoms with van der Waals surface area (Å²) >= 11 is 0. The van der Waals surface area contributed by atoms with Gasteiger partial charge in [0, 0.05) is 17.7 Å². The number of hydrogen-bond acceptors (Lipinski definition) is 3. The summed E-state index contributed by atoms with van der Waals surface area (Å²) in [6.07, 6.45) is 3.90. The number of phenolic OH excluding ortho intramolecular Hbond substituents is 2. The van der Waals surface area contributed by atoms with E-state index in [4.69, 9.17) is 5.11 Å². The van der Waals surface area contributed by atoms with Gasteiger partial charge in [-0.1, -0.05) is 11.6 Å². The zero-order chi connectivity index (χ0) is 10.8. The van der Waals surface area contributed by atoms with Gasteiger partial charge in [-0.25, -0.2) is 0 Å². The number of rotatable bonds is 2. The van der Waals surface area contributed by atoms with E-state index in [-0.39, 0.29) is 18.1 Å². The van der Waals surface area contributed by atoms with Crippen LogP contribution in [-0.2, 0) is 12.8 Å². The minimum absolute atomic E-state index is 0.126. The highest BCUT2D eigenvalue weighted by molar-refractivity contribution is 5.52. The molecule has 0 fully saturated rings. The third kappa shape index (κ3) is 1.83. The third-order valence-electron chi connectivity index (χ3n) is 2.81. The zero-order valence-corrected chi connectivity index (χ0v) is 8.40. The van der Waals surface area contributed by atoms with Gasteiger partial charge in [0.25, 0.3) is 0 Å². The molecule has 0 radical (unpaired) electrons. The molecule has 0 bridgehead atoms. The van der Waals surface area contributed by atoms with E-state index in [1.165, 1.54) is 12.1 Å². The maximum Gasteiger partial charge on any atom is 0.119 e. The molecule has 3 nitrogen and oxygen atoms in total. The molecule has 0 saturated carbocycles. The van der Waals surface area contributed by atoms with Crippen LogP contribution in [0.3, 0.4) is 0 Å². The molecule has 15 heavy (non-hydrogen) atoms. The topological polar surface area (TPSA) is 60.7 Å². The van der Waals surface area contributed by atoms with E-state index < -0.39 is 0 Å². The van der Waals surface area contributed by atoms with Gasteiger partial charge in [0.1, 0.15) is 11.5 Å². The van der Waals surface area contributed by atoms with Gasteiger partial charge in [-0.2, -0.15) is 0 Å². The van der Waals surface area contributed by atoms with Crippen molar-refractivity contribution < 1.29 is 15.3 Å². The number of benzene rings is 1. The summed E-state index contributed by atoms with van der Waals surface area (Å²) in [6, 6.07) is 3.02. The van der Waals surface area contributed by atoms with Crippen LogP contribution >= 0.6 is 0 Å². The predicted molar refractivity (Wildman–Crippen MR) is 57.0 cm³/mol. The molecule has 0 atom stereocenters. The number of hydrogen-bond donors (Lipinski definition) is 3. The quantitative estimate of drug-likeness (QED) is 0.507. The fraction of sp³-hybridized carbons (Fsp3) is 0.333. The largest absolute Gasteiger partial charge is 0.508 e. The molecule has 3 heteroatoms. The molecule has 0 unspecified atom stereocenters. The molecule has 0 spiro atoms. The van der Waals surface area contributed by atoms with E-state index in [1.54, 1.807) is 0 Å². The Labute approximate surface area is 88.3 Å². The van der Waals surface area contributed by atoms with Crippen molar-refractivity contribution in [3.8, 4) is 11.5 Å². The van der Waals surface area contributed by atoms with Crippen molar-refractivity contribution in [3.63, 3.8) is 0 Å². The van der Waals surface area contributed by atoms with Crippen LogP contribution in [0.4, 0.5) is 0 Å². The van der Waals surface area contributed by atoms with Crippen molar-refractivity contribution in [2.45, 2.75) is 19.3 Å². The van der Waals surface area contributed by atoms with Gasteiger partial charge in [0.15, 0.2) is 0 Å². The fourth-order valence-electron chi connectivity index (χ4n) is 1.97. The molecule has 0 aromatic heterocycles. The SMILES string of the molecule is OCCC1=CCc2c(O)ccc(O)c2C1. The van der Waals surface area contributed by atoms with Gasteiger partial charge in [-0.15, -0.1) is 0 Å². The third-order valence-corrected chi connectivity index (χ3v) is 2.81. The highest BCUT2D eigenvalue weighted by Crippen LogP contribution is 2.34. The van der Waals surface area contributed by atoms with Crippen LogP contribution < -0.4 is 0 Å². The second kappa shape index (κ2) is 3.95. The fourth-order valence-corrected chi connectivity index (χ4v) is 1.97. The van der Waals surface area contributed by atoms with Crippen LogP contribution in [-0.4, -0.2) is 21.9 Å². The number of aromatic hydroxyl groups is 2. The standard InChI is InChI=1S/C12H14O3/c13-6-5-8-1-2-9-10(7-8)12(15)4-3-11(9)14/h1,3-4,13-15H,2,5-7H2. The number of phenols is 2. The van der Waals surface area contributed by atoms with E-state index >= 15 is 0 Å². The zero-order valence-electron chi connectivity index (χ0n) is 8.40. The Balaban J connectivity index is 2.34. The average molecular weight is 206 g/mol. The molecular formula is C12H14O3. The Morgan fingerprint density at radius 3 is 2.40 bits per heavy atom. The molecule has 1 aliphatic rings. The monoisotopic (exact) mass is 206 g/mol. The Morgan fingerprint density at radius 1 is 1.07 bits per heavy atom. The van der Waals surface area contributed by atoms with Crippen molar-refractivity contribution in [2.75, 3.05) is 6.61 Å². The lowest BCUT2D eigenvalue weighted by Crippen LogP contribution is -2.05. The van der Waals surface area contributed by atoms with Gasteiger partial charge >= 0.3 is 0 Å². The van der Waals surface area contributed by atoms with Crippen molar-refractivity contribution in [2.24, 2.45) is 0 Å². The lowest BCUT2D eigenvalue weighted by atomic mass is 9.89. The summed E-state index contributed by atoms with van der Waals surface area (Å²) < 4.78 is 0. The normalized spacial score (nSPS) is 14.6. The first-order chi connectivity index (χ1) is 7.22. The maximum absolute atomic E-state index is 9.67. The van der Waals surface area contributed by atoms with Gasteiger partial charge in [0.2, 0.25) is 0 Å². The van der Waals surface area contributed by atoms with E-state index in [1.807, 2.05) is 6.08 Å². The van der Waals surface area contributed by atoms with Gasteiger partial charge in [0.05, 0.1) is 0 Å². The lowest BCUT2D eigenvalue weighted by molar-refractivity contribution is 0.298. The Bertz CT molecular complexity index is 408. The number of aliphatic hydroxyl groups is 1. The van der Waals surface area contributed by atoms with Crippen LogP contribution in [0.25, 0.3) is 0 Å². The van der Waals surface area contributed by atoms with E-state index in [0.29, 0.717) is 19.3 Å². The first-order valence-electron chi connectivity index (χ1n) is 5.04. The maximum atomic E-state index is 9.67. The first kappa shape index (κ1) is 10.1. The molecule has 0 amide bonds. The number of aliphatic hydroxyl groups excluding tert-OH is 1. The molecule has 0 aliphatic heterocycles. The minimum Gasteiger partial charge on any atom is -0.508 e. The highest BCUT2D eigenvalue weighted by atomic mass is 16.3. The van der Waals surface area contributed by atoms with E-state index in [0.717, 1.165) is 16.7 Å². The van der Waals surface area contributed by atoms with Crippen molar-refractivity contribution in [3.05, 3.63) is 34.9 Å². The summed E-state index contributed by atoms with van der Waals surface area (Å²) in [5, 5.41) is 28.1. The lowest BCUT2D eigenvalue weighted by Gasteiger charge is -2.18. The molecule has 0 saturated heterocycles. The Morgan fingerprint density at radius 2 is 1.73 bits per heavy atom. The predicted octanol–water partition coefficient (Wildman–Crippen LogP) is 1.51. The molecule has 0 heterocycles. The number of allylic oxidation sites excluding steroid dienone is 1. The molecular weight excluding hydrogens is 192 g/mol. The molecule has 1 aromatic carbocycles. The van der Waals surface area contributed by atoms with Crippen molar-refractivity contribution in [1.29, 1.82) is 0 Å². The van der Waals surface area contributed by atoms with E-state index in [2.05, 4.69) is 0 Å². The average Bonchev–Trinajstić information content (AvgIpc) is 2.24. The second-order valence-electron chi connectivity index (χ2n) is 3.78. The van der Waals surface area contributed by atoms with Gasteiger partial charge < -0.3 is 15.3 Å². The van der Waals surface area contributed by atoms with Gasteiger partial charge in [-0.3, -0.25) is 0 Å². The minimum atomic E-state index is 0.126. The highest BCUT2D eigenvalue weighted by Gasteiger charge is 2.17. The van der Waals surface area contributed by atoms with Crippen molar-refractivity contribution in [1.82, 2.24) is 0 Å². The molecule has 1 aromatic rings. The van der Waals surface area contributed by atoms with Crippen molar-refractivity contribution >= 4 is 0 Å². The first-order valence-corrected chi connectivity index (χ1v) is 5.04. The van der Waals surface area contributed by atoms with Crippen LogP contribution in [0.5, 0.6) is 11.5 Å². The van der Waals surface area contributed by atoms with Crippen LogP contribution in [0.15, 0.2) is 23.8 Å². The summed E-state index contributed by atoms with van der Waals surface area (Å²) in [5.74, 6) is 0.466. The van der Waals surface area contributed by atoms with Crippen LogP contribution in [0.2, 0.25) is 0 Å². The summed E-state index contributed by atoms with van der Waals surface area (Å²) in [5.41, 5.74) is 2.71. The summed E-state index contributed by atoms with van der Waals surface area (Å²) in [7, 11) is 0. The van der Waals surface area contributed by atoms with Gasteiger partial charge in [-0.05, 0) is 31.4 Å². The van der Waals surface area contributed by atoms with E-state index in [9.17, 15) is 10.2 Å². The second-order valence-corrected chi connectivity index (χ2v) is 3.78. The van der Waals surface area contributed by atoms with Crippen LogP contribution in [0, 0.1) is 0 Å². The molecule has 3 N–H and O–H groups in total. The number of fused-ring (bicyclic) bond motifs is 1.